The lowest BCUT2D eigenvalue weighted by atomic mass is 9.73. The molecule has 0 amide bonds. The van der Waals surface area contributed by atoms with Crippen LogP contribution in [0.1, 0.15) is 31.4 Å². The maximum atomic E-state index is 2.40. The summed E-state index contributed by atoms with van der Waals surface area (Å²) in [5.41, 5.74) is 28.0. The van der Waals surface area contributed by atoms with Gasteiger partial charge in [0.05, 0.1) is 0 Å². The van der Waals surface area contributed by atoms with Gasteiger partial charge in [-0.3, -0.25) is 0 Å². The van der Waals surface area contributed by atoms with Crippen molar-refractivity contribution in [3.8, 4) is 111 Å². The summed E-state index contributed by atoms with van der Waals surface area (Å²) >= 11 is 0. The molecule has 0 heteroatoms. The van der Waals surface area contributed by atoms with Crippen molar-refractivity contribution in [1.29, 1.82) is 0 Å². The van der Waals surface area contributed by atoms with Gasteiger partial charge >= 0.3 is 0 Å². The third-order valence-electron chi connectivity index (χ3n) is 15.4. The average Bonchev–Trinajstić information content (AvgIpc) is 3.45. The normalized spacial score (nSPS) is 12.5. The van der Waals surface area contributed by atoms with Gasteiger partial charge in [0.15, 0.2) is 0 Å². The number of allylic oxidation sites excluding steroid dienone is 12. The summed E-state index contributed by atoms with van der Waals surface area (Å²) in [6.07, 6.45) is 23.2. The topological polar surface area (TPSA) is 0 Å². The van der Waals surface area contributed by atoms with Crippen LogP contribution in [0.2, 0.25) is 0 Å². The van der Waals surface area contributed by atoms with Crippen molar-refractivity contribution < 1.29 is 0 Å². The predicted octanol–water partition coefficient (Wildman–Crippen LogP) is 22.8. The van der Waals surface area contributed by atoms with Crippen molar-refractivity contribution in [2.24, 2.45) is 0 Å². The molecular formula is C81H62. The van der Waals surface area contributed by atoms with E-state index in [-0.39, 0.29) is 0 Å². The number of hydrogen-bond acceptors (Lipinski definition) is 0. The van der Waals surface area contributed by atoms with Crippen LogP contribution in [0.4, 0.5) is 0 Å². The highest BCUT2D eigenvalue weighted by atomic mass is 14.3. The minimum atomic E-state index is 0.818. The van der Waals surface area contributed by atoms with Crippen LogP contribution in [0.5, 0.6) is 0 Å². The van der Waals surface area contributed by atoms with Gasteiger partial charge in [-0.1, -0.05) is 328 Å². The van der Waals surface area contributed by atoms with Crippen molar-refractivity contribution in [2.45, 2.75) is 20.3 Å². The summed E-state index contributed by atoms with van der Waals surface area (Å²) in [5, 5.41) is 0. The molecule has 81 heavy (non-hydrogen) atoms. The van der Waals surface area contributed by atoms with Gasteiger partial charge in [-0.15, -0.1) is 0 Å². The lowest BCUT2D eigenvalue weighted by Gasteiger charge is -2.30. The molecule has 1 aliphatic carbocycles. The molecule has 0 unspecified atom stereocenters. The fraction of sp³-hybridized carbons (Fsp3) is 0.0370. The number of hydrogen-bond donors (Lipinski definition) is 0. The molecule has 0 aromatic heterocycles. The fourth-order valence-electron chi connectivity index (χ4n) is 12.0. The molecule has 0 bridgehead atoms. The highest BCUT2D eigenvalue weighted by Gasteiger charge is 2.32. The Morgan fingerprint density at radius 3 is 0.864 bits per heavy atom. The maximum Gasteiger partial charge on any atom is -0.00139 e. The Hall–Kier alpha value is -10.1. The molecule has 0 atom stereocenters. The lowest BCUT2D eigenvalue weighted by Crippen LogP contribution is -2.04. The number of benzene rings is 11. The Bertz CT molecular complexity index is 4140. The first-order valence-corrected chi connectivity index (χ1v) is 28.2. The van der Waals surface area contributed by atoms with Gasteiger partial charge in [0.1, 0.15) is 0 Å². The molecule has 1 aliphatic rings. The first-order valence-electron chi connectivity index (χ1n) is 28.2. The van der Waals surface area contributed by atoms with Crippen LogP contribution in [0.15, 0.2) is 328 Å². The second-order valence-corrected chi connectivity index (χ2v) is 20.3. The van der Waals surface area contributed by atoms with E-state index in [0.29, 0.717) is 0 Å². The SMILES string of the molecule is CC=CC=C(C=CC)c1c(-c2ccccc2)c(-c2ccccc2)c(-c2ccccc2)c(-c2ccccc2)c1-c1ccc(-c2c(-c3ccccc3)c(C3=CCC=CC=C3)c(-c3ccccc3)c(-c3ccccc3)c2-c2ccccc2)cc1. The molecule has 0 radical (unpaired) electrons. The Morgan fingerprint density at radius 1 is 0.284 bits per heavy atom. The smallest absolute Gasteiger partial charge is 0.00139 e. The minimum absolute atomic E-state index is 0.818. The summed E-state index contributed by atoms with van der Waals surface area (Å²) in [6, 6.07) is 98.0. The van der Waals surface area contributed by atoms with Gasteiger partial charge in [0.2, 0.25) is 0 Å². The van der Waals surface area contributed by atoms with Crippen LogP contribution in [-0.4, -0.2) is 0 Å². The first kappa shape index (κ1) is 51.6. The predicted molar refractivity (Wildman–Crippen MR) is 349 cm³/mol. The molecule has 0 fully saturated rings. The van der Waals surface area contributed by atoms with Crippen LogP contribution in [0.3, 0.4) is 0 Å². The van der Waals surface area contributed by atoms with Crippen molar-refractivity contribution in [1.82, 2.24) is 0 Å². The average molecular weight is 1040 g/mol. The quantitative estimate of drug-likeness (QED) is 0.0952. The van der Waals surface area contributed by atoms with Gasteiger partial charge in [-0.05, 0) is 154 Å². The lowest BCUT2D eigenvalue weighted by molar-refractivity contribution is 1.40. The zero-order valence-corrected chi connectivity index (χ0v) is 45.9. The minimum Gasteiger partial charge on any atom is -0.0876 e. The fourth-order valence-corrected chi connectivity index (χ4v) is 12.0. The van der Waals surface area contributed by atoms with Crippen LogP contribution in [0.25, 0.3) is 122 Å². The summed E-state index contributed by atoms with van der Waals surface area (Å²) in [6.45, 7) is 4.22. The molecule has 0 N–H and O–H groups in total. The number of rotatable bonds is 14. The summed E-state index contributed by atoms with van der Waals surface area (Å²) in [5.74, 6) is 0. The zero-order valence-electron chi connectivity index (χ0n) is 45.9. The Morgan fingerprint density at radius 2 is 0.556 bits per heavy atom. The van der Waals surface area contributed by atoms with Gasteiger partial charge < -0.3 is 0 Å². The molecular weight excluding hydrogens is 973 g/mol. The Balaban J connectivity index is 1.28. The van der Waals surface area contributed by atoms with E-state index in [2.05, 4.69) is 342 Å². The molecule has 0 saturated heterocycles. The van der Waals surface area contributed by atoms with Gasteiger partial charge in [-0.2, -0.15) is 0 Å². The second-order valence-electron chi connectivity index (χ2n) is 20.3. The van der Waals surface area contributed by atoms with E-state index in [0.717, 1.165) is 67.6 Å². The standard InChI is InChI=1S/C81H62/c1-3-5-35-58(34-4-2)70-71(60-38-18-8-19-39-60)72(61-40-20-9-21-41-61)75(63-44-24-11-25-45-63)77(65-48-28-13-29-49-65)80(70)68-54-56-69(57-55-68)81-78(66-50-30-14-31-51-66)74(59-36-16-6-7-17-37-59)73(62-42-22-10-23-43-62)76(64-46-26-12-27-47-64)79(81)67-52-32-15-33-53-67/h3-16,18-57H,17H2,1-2H3. The molecule has 0 saturated carbocycles. The molecule has 0 nitrogen and oxygen atoms in total. The van der Waals surface area contributed by atoms with Crippen LogP contribution in [-0.2, 0) is 0 Å². The van der Waals surface area contributed by atoms with Crippen LogP contribution < -0.4 is 0 Å². The van der Waals surface area contributed by atoms with Crippen molar-refractivity contribution >= 4 is 11.1 Å². The van der Waals surface area contributed by atoms with E-state index < -0.39 is 0 Å². The van der Waals surface area contributed by atoms with E-state index in [9.17, 15) is 0 Å². The summed E-state index contributed by atoms with van der Waals surface area (Å²) in [4.78, 5) is 0. The summed E-state index contributed by atoms with van der Waals surface area (Å²) in [7, 11) is 0. The monoisotopic (exact) mass is 1030 g/mol. The first-order chi connectivity index (χ1) is 40.2. The van der Waals surface area contributed by atoms with E-state index in [4.69, 9.17) is 0 Å². The highest BCUT2D eigenvalue weighted by molar-refractivity contribution is 6.16. The molecule has 0 aliphatic heterocycles. The Labute approximate surface area is 478 Å². The van der Waals surface area contributed by atoms with E-state index >= 15 is 0 Å². The highest BCUT2D eigenvalue weighted by Crippen LogP contribution is 2.57. The zero-order chi connectivity index (χ0) is 54.7. The van der Waals surface area contributed by atoms with E-state index in [1.54, 1.807) is 0 Å². The molecule has 12 rings (SSSR count). The van der Waals surface area contributed by atoms with Crippen LogP contribution >= 0.6 is 0 Å². The van der Waals surface area contributed by atoms with Crippen molar-refractivity contribution in [3.05, 3.63) is 339 Å². The van der Waals surface area contributed by atoms with Gasteiger partial charge in [0, 0.05) is 0 Å². The van der Waals surface area contributed by atoms with E-state index in [1.807, 2.05) is 0 Å². The van der Waals surface area contributed by atoms with Crippen molar-refractivity contribution in [2.75, 3.05) is 0 Å². The molecule has 0 heterocycles. The largest absolute Gasteiger partial charge is 0.0876 e. The Kier molecular flexibility index (Phi) is 15.5. The third-order valence-corrected chi connectivity index (χ3v) is 15.4. The molecule has 0 spiro atoms. The maximum absolute atomic E-state index is 2.40. The second kappa shape index (κ2) is 24.3. The molecule has 11 aromatic rings. The van der Waals surface area contributed by atoms with Crippen molar-refractivity contribution in [3.63, 3.8) is 0 Å². The van der Waals surface area contributed by atoms with Gasteiger partial charge in [-0.25, -0.2) is 0 Å². The molecule has 386 valence electrons. The molecule has 11 aromatic carbocycles. The van der Waals surface area contributed by atoms with E-state index in [1.165, 1.54) is 72.3 Å². The third kappa shape index (κ3) is 10.4. The van der Waals surface area contributed by atoms with Crippen LogP contribution in [0, 0.1) is 0 Å². The summed E-state index contributed by atoms with van der Waals surface area (Å²) < 4.78 is 0. The van der Waals surface area contributed by atoms with Gasteiger partial charge in [0.25, 0.3) is 0 Å².